The van der Waals surface area contributed by atoms with E-state index in [2.05, 4.69) is 15.8 Å². The number of amides is 2. The molecule has 0 aliphatic carbocycles. The van der Waals surface area contributed by atoms with Gasteiger partial charge in [0, 0.05) is 26.4 Å². The van der Waals surface area contributed by atoms with E-state index in [1.807, 2.05) is 25.1 Å². The van der Waals surface area contributed by atoms with Gasteiger partial charge in [0.25, 0.3) is 11.8 Å². The molecule has 0 saturated heterocycles. The van der Waals surface area contributed by atoms with Crippen LogP contribution >= 0.6 is 34.5 Å². The van der Waals surface area contributed by atoms with E-state index in [-0.39, 0.29) is 11.8 Å². The van der Waals surface area contributed by atoms with Crippen molar-refractivity contribution in [2.24, 2.45) is 5.10 Å². The number of hydrogen-bond acceptors (Lipinski definition) is 4. The molecule has 4 aromatic rings. The van der Waals surface area contributed by atoms with Crippen LogP contribution in [0.1, 0.15) is 31.2 Å². The van der Waals surface area contributed by atoms with Crippen molar-refractivity contribution in [3.05, 3.63) is 98.3 Å². The molecule has 0 saturated carbocycles. The molecule has 0 aliphatic heterocycles. The fraction of sp³-hybridized carbons (Fsp3) is 0.0417. The maximum atomic E-state index is 12.7. The van der Waals surface area contributed by atoms with Crippen LogP contribution < -0.4 is 10.7 Å². The molecule has 4 rings (SSSR count). The summed E-state index contributed by atoms with van der Waals surface area (Å²) in [7, 11) is 0. The molecule has 160 valence electrons. The standard InChI is InChI=1S/C24H17Cl2N3O2S/c1-14-2-11-19-20(12-14)32-22(21(19)26)24(31)28-18-9-5-16(6-10-18)23(30)29-27-13-15-3-7-17(25)8-4-15/h2-13H,1H3,(H,28,31)(H,29,30)/b27-13-. The van der Waals surface area contributed by atoms with Crippen LogP contribution in [0.2, 0.25) is 10.0 Å². The molecule has 8 heteroatoms. The predicted octanol–water partition coefficient (Wildman–Crippen LogP) is 6.53. The number of carbonyl (C=O) groups excluding carboxylic acids is 2. The molecule has 0 atom stereocenters. The van der Waals surface area contributed by atoms with Crippen molar-refractivity contribution in [2.75, 3.05) is 5.32 Å². The monoisotopic (exact) mass is 481 g/mol. The minimum absolute atomic E-state index is 0.293. The molecule has 0 radical (unpaired) electrons. The molecule has 1 heterocycles. The number of aryl methyl sites for hydroxylation is 1. The van der Waals surface area contributed by atoms with Crippen LogP contribution in [-0.2, 0) is 0 Å². The summed E-state index contributed by atoms with van der Waals surface area (Å²) in [6.07, 6.45) is 1.53. The van der Waals surface area contributed by atoms with E-state index < -0.39 is 0 Å². The van der Waals surface area contributed by atoms with Crippen molar-refractivity contribution in [2.45, 2.75) is 6.92 Å². The van der Waals surface area contributed by atoms with Crippen molar-refractivity contribution in [3.8, 4) is 0 Å². The number of benzene rings is 3. The molecule has 5 nitrogen and oxygen atoms in total. The zero-order valence-corrected chi connectivity index (χ0v) is 19.2. The maximum Gasteiger partial charge on any atom is 0.271 e. The molecule has 32 heavy (non-hydrogen) atoms. The number of hydrogen-bond donors (Lipinski definition) is 2. The molecule has 1 aromatic heterocycles. The topological polar surface area (TPSA) is 70.6 Å². The summed E-state index contributed by atoms with van der Waals surface area (Å²) in [6, 6.07) is 19.5. The summed E-state index contributed by atoms with van der Waals surface area (Å²) in [5.41, 5.74) is 5.35. The predicted molar refractivity (Wildman–Crippen MR) is 132 cm³/mol. The summed E-state index contributed by atoms with van der Waals surface area (Å²) in [4.78, 5) is 25.4. The lowest BCUT2D eigenvalue weighted by Crippen LogP contribution is -2.17. The summed E-state index contributed by atoms with van der Waals surface area (Å²) in [6.45, 7) is 1.99. The molecule has 2 N–H and O–H groups in total. The molecule has 0 aliphatic rings. The Kier molecular flexibility index (Phi) is 6.55. The lowest BCUT2D eigenvalue weighted by atomic mass is 10.2. The Morgan fingerprint density at radius 2 is 1.66 bits per heavy atom. The molecule has 0 spiro atoms. The summed E-state index contributed by atoms with van der Waals surface area (Å²) in [5, 5.41) is 8.70. The largest absolute Gasteiger partial charge is 0.321 e. The lowest BCUT2D eigenvalue weighted by molar-refractivity contribution is 0.0954. The van der Waals surface area contributed by atoms with Gasteiger partial charge in [-0.15, -0.1) is 11.3 Å². The molecule has 0 fully saturated rings. The van der Waals surface area contributed by atoms with Crippen molar-refractivity contribution in [3.63, 3.8) is 0 Å². The number of halogens is 2. The van der Waals surface area contributed by atoms with Gasteiger partial charge in [0.2, 0.25) is 0 Å². The molecule has 3 aromatic carbocycles. The fourth-order valence-corrected chi connectivity index (χ4v) is 4.63. The van der Waals surface area contributed by atoms with Gasteiger partial charge < -0.3 is 5.32 Å². The number of anilines is 1. The average molecular weight is 482 g/mol. The van der Waals surface area contributed by atoms with Crippen LogP contribution in [0.5, 0.6) is 0 Å². The number of fused-ring (bicyclic) bond motifs is 1. The Morgan fingerprint density at radius 1 is 0.938 bits per heavy atom. The average Bonchev–Trinajstić information content (AvgIpc) is 3.11. The first-order chi connectivity index (χ1) is 15.4. The number of carbonyl (C=O) groups is 2. The van der Waals surface area contributed by atoms with Gasteiger partial charge in [0.15, 0.2) is 0 Å². The van der Waals surface area contributed by atoms with Crippen molar-refractivity contribution >= 4 is 68.3 Å². The van der Waals surface area contributed by atoms with Crippen LogP contribution in [0.15, 0.2) is 71.8 Å². The van der Waals surface area contributed by atoms with Crippen LogP contribution in [0.25, 0.3) is 10.1 Å². The van der Waals surface area contributed by atoms with E-state index in [9.17, 15) is 9.59 Å². The van der Waals surface area contributed by atoms with Gasteiger partial charge in [-0.05, 0) is 60.5 Å². The Hall–Kier alpha value is -3.19. The first-order valence-corrected chi connectivity index (χ1v) is 11.2. The maximum absolute atomic E-state index is 12.7. The van der Waals surface area contributed by atoms with Crippen molar-refractivity contribution < 1.29 is 9.59 Å². The van der Waals surface area contributed by atoms with Gasteiger partial charge in [0.05, 0.1) is 11.2 Å². The Bertz CT molecular complexity index is 1330. The Labute approximate surface area is 198 Å². The highest BCUT2D eigenvalue weighted by molar-refractivity contribution is 7.21. The number of hydrazone groups is 1. The van der Waals surface area contributed by atoms with E-state index in [0.717, 1.165) is 21.2 Å². The fourth-order valence-electron chi connectivity index (χ4n) is 2.99. The quantitative estimate of drug-likeness (QED) is 0.251. The van der Waals surface area contributed by atoms with Crippen molar-refractivity contribution in [1.29, 1.82) is 0 Å². The first kappa shape index (κ1) is 22.0. The highest BCUT2D eigenvalue weighted by Crippen LogP contribution is 2.36. The minimum Gasteiger partial charge on any atom is -0.321 e. The van der Waals surface area contributed by atoms with Gasteiger partial charge in [-0.1, -0.05) is 47.5 Å². The van der Waals surface area contributed by atoms with Gasteiger partial charge >= 0.3 is 0 Å². The van der Waals surface area contributed by atoms with E-state index in [0.29, 0.717) is 26.2 Å². The summed E-state index contributed by atoms with van der Waals surface area (Å²) >= 11 is 13.6. The highest BCUT2D eigenvalue weighted by Gasteiger charge is 2.17. The first-order valence-electron chi connectivity index (χ1n) is 9.60. The van der Waals surface area contributed by atoms with E-state index in [4.69, 9.17) is 23.2 Å². The van der Waals surface area contributed by atoms with Crippen LogP contribution in [0, 0.1) is 6.92 Å². The highest BCUT2D eigenvalue weighted by atomic mass is 35.5. The SMILES string of the molecule is Cc1ccc2c(Cl)c(C(=O)Nc3ccc(C(=O)N/N=C\c4ccc(Cl)cc4)cc3)sc2c1. The van der Waals surface area contributed by atoms with E-state index in [1.54, 1.807) is 48.5 Å². The lowest BCUT2D eigenvalue weighted by Gasteiger charge is -2.05. The van der Waals surface area contributed by atoms with Gasteiger partial charge in [-0.3, -0.25) is 9.59 Å². The van der Waals surface area contributed by atoms with Gasteiger partial charge in [-0.25, -0.2) is 5.43 Å². The number of nitrogens with zero attached hydrogens (tertiary/aromatic N) is 1. The number of thiophene rings is 1. The second-order valence-corrected chi connectivity index (χ2v) is 8.89. The van der Waals surface area contributed by atoms with E-state index >= 15 is 0 Å². The molecule has 0 bridgehead atoms. The second kappa shape index (κ2) is 9.53. The van der Waals surface area contributed by atoms with Gasteiger partial charge in [-0.2, -0.15) is 5.10 Å². The third-order valence-corrected chi connectivity index (χ3v) is 6.55. The van der Waals surface area contributed by atoms with Crippen LogP contribution in [0.4, 0.5) is 5.69 Å². The zero-order chi connectivity index (χ0) is 22.7. The molecule has 0 unspecified atom stereocenters. The van der Waals surface area contributed by atoms with Crippen LogP contribution in [0.3, 0.4) is 0 Å². The Morgan fingerprint density at radius 3 is 2.38 bits per heavy atom. The zero-order valence-electron chi connectivity index (χ0n) is 16.9. The minimum atomic E-state index is -0.365. The molecular formula is C24H17Cl2N3O2S. The molecular weight excluding hydrogens is 465 g/mol. The van der Waals surface area contributed by atoms with Crippen molar-refractivity contribution in [1.82, 2.24) is 5.43 Å². The normalized spacial score (nSPS) is 11.1. The molecule has 2 amide bonds. The summed E-state index contributed by atoms with van der Waals surface area (Å²) < 4.78 is 0.964. The third kappa shape index (κ3) is 4.99. The second-order valence-electron chi connectivity index (χ2n) is 7.03. The summed E-state index contributed by atoms with van der Waals surface area (Å²) in [5.74, 6) is -0.658. The number of nitrogens with one attached hydrogen (secondary N) is 2. The Balaban J connectivity index is 1.40. The number of rotatable bonds is 5. The smallest absolute Gasteiger partial charge is 0.271 e. The van der Waals surface area contributed by atoms with Gasteiger partial charge in [0.1, 0.15) is 4.88 Å². The van der Waals surface area contributed by atoms with Crippen LogP contribution in [-0.4, -0.2) is 18.0 Å². The third-order valence-electron chi connectivity index (χ3n) is 4.65. The van der Waals surface area contributed by atoms with E-state index in [1.165, 1.54) is 17.6 Å².